The van der Waals surface area contributed by atoms with Crippen LogP contribution in [-0.2, 0) is 23.7 Å². The molecule has 0 unspecified atom stereocenters. The van der Waals surface area contributed by atoms with E-state index in [1.807, 2.05) is 0 Å². The molecule has 0 radical (unpaired) electrons. The van der Waals surface area contributed by atoms with Crippen molar-refractivity contribution in [2.24, 2.45) is 0 Å². The van der Waals surface area contributed by atoms with E-state index < -0.39 is 151 Å². The van der Waals surface area contributed by atoms with Crippen molar-refractivity contribution in [1.82, 2.24) is 0 Å². The lowest BCUT2D eigenvalue weighted by molar-refractivity contribution is -0.362. The first kappa shape index (κ1) is 39.8. The van der Waals surface area contributed by atoms with Gasteiger partial charge in [-0.3, -0.25) is 4.79 Å². The molecule has 3 fully saturated rings. The van der Waals surface area contributed by atoms with Gasteiger partial charge in [-0.15, -0.1) is 0 Å². The molecule has 21 heteroatoms. The average Bonchev–Trinajstić information content (AvgIpc) is 3.13. The number of hydrogen-bond donors (Lipinski definition) is 13. The van der Waals surface area contributed by atoms with Gasteiger partial charge in [-0.2, -0.15) is 0 Å². The maximum Gasteiger partial charge on any atom is 0.239 e. The number of aromatic hydroxyl groups is 4. The Bertz CT molecular complexity index is 1850. The topological polar surface area (TPSA) is 349 Å². The number of rotatable bonds is 9. The Hall–Kier alpha value is -3.91. The molecule has 3 aliphatic rings. The Morgan fingerprint density at radius 1 is 0.667 bits per heavy atom. The zero-order valence-corrected chi connectivity index (χ0v) is 28.0. The summed E-state index contributed by atoms with van der Waals surface area (Å²) in [5.74, 6) is -3.82. The molecule has 0 aliphatic carbocycles. The molecule has 0 amide bonds. The van der Waals surface area contributed by atoms with Crippen LogP contribution in [0.15, 0.2) is 39.5 Å². The Kier molecular flexibility index (Phi) is 11.5. The lowest BCUT2D eigenvalue weighted by atomic mass is 9.97. The molecule has 298 valence electrons. The van der Waals surface area contributed by atoms with Crippen molar-refractivity contribution < 1.29 is 99.2 Å². The summed E-state index contributed by atoms with van der Waals surface area (Å²) in [4.78, 5) is 14.1. The monoisotopic (exact) mass is 772 g/mol. The van der Waals surface area contributed by atoms with E-state index in [0.29, 0.717) is 0 Å². The van der Waals surface area contributed by atoms with Gasteiger partial charge in [-0.1, -0.05) is 0 Å². The molecule has 54 heavy (non-hydrogen) atoms. The van der Waals surface area contributed by atoms with Crippen molar-refractivity contribution in [3.63, 3.8) is 0 Å². The standard InChI is InChI=1S/C33H40O21/c1-9-19(39)23(43)26(46)31(49-9)48-8-17-21(41)25(45)30(54-32-27(47)24(44)20(40)16(7-34)51-32)33(52-17)53-29-22(42)18-14(38)5-11(35)6-15(18)50-28(29)10-2-3-12(36)13(37)4-10/h2-6,9,16-17,19-21,23-27,30-41,43-47H,7-8H2,1H3/t9-,16-,17-,19-,20-,21-,23-,24-,25-,26+,27-,30-,31+,32-,33+/m0/s1. The molecule has 13 N–H and O–H groups in total. The van der Waals surface area contributed by atoms with Crippen LogP contribution in [0.25, 0.3) is 22.3 Å². The van der Waals surface area contributed by atoms with Gasteiger partial charge in [0.1, 0.15) is 83.5 Å². The van der Waals surface area contributed by atoms with Crippen LogP contribution in [0.1, 0.15) is 6.92 Å². The number of phenols is 4. The van der Waals surface area contributed by atoms with Crippen LogP contribution in [0.4, 0.5) is 0 Å². The van der Waals surface area contributed by atoms with Crippen molar-refractivity contribution in [3.8, 4) is 40.1 Å². The second-order valence-corrected chi connectivity index (χ2v) is 13.1. The van der Waals surface area contributed by atoms with Gasteiger partial charge in [-0.25, -0.2) is 0 Å². The summed E-state index contributed by atoms with van der Waals surface area (Å²) in [5, 5.41) is 135. The highest BCUT2D eigenvalue weighted by molar-refractivity contribution is 5.88. The predicted octanol–water partition coefficient (Wildman–Crippen LogP) is -3.86. The molecule has 15 atom stereocenters. The van der Waals surface area contributed by atoms with E-state index in [2.05, 4.69) is 0 Å². The maximum absolute atomic E-state index is 14.1. The first-order valence-corrected chi connectivity index (χ1v) is 16.5. The summed E-state index contributed by atoms with van der Waals surface area (Å²) in [6.45, 7) is -0.209. The van der Waals surface area contributed by atoms with E-state index in [9.17, 15) is 71.2 Å². The minimum Gasteiger partial charge on any atom is -0.508 e. The zero-order chi connectivity index (χ0) is 39.3. The Morgan fingerprint density at radius 2 is 1.31 bits per heavy atom. The third-order valence-electron chi connectivity index (χ3n) is 9.41. The molecule has 6 rings (SSSR count). The molecule has 1 aromatic heterocycles. The molecule has 3 aliphatic heterocycles. The quantitative estimate of drug-likeness (QED) is 0.0925. The lowest BCUT2D eigenvalue weighted by Gasteiger charge is -2.46. The first-order chi connectivity index (χ1) is 25.5. The fourth-order valence-corrected chi connectivity index (χ4v) is 6.30. The molecule has 0 spiro atoms. The van der Waals surface area contributed by atoms with Gasteiger partial charge in [0.25, 0.3) is 0 Å². The van der Waals surface area contributed by atoms with Crippen LogP contribution in [-0.4, -0.2) is 172 Å². The van der Waals surface area contributed by atoms with Crippen LogP contribution < -0.4 is 10.2 Å². The summed E-state index contributed by atoms with van der Waals surface area (Å²) >= 11 is 0. The van der Waals surface area contributed by atoms with Crippen molar-refractivity contribution in [3.05, 3.63) is 40.6 Å². The Balaban J connectivity index is 1.40. The molecule has 0 saturated carbocycles. The van der Waals surface area contributed by atoms with Gasteiger partial charge in [0, 0.05) is 17.7 Å². The van der Waals surface area contributed by atoms with Crippen molar-refractivity contribution in [2.45, 2.75) is 99.0 Å². The molecule has 3 aromatic rings. The first-order valence-electron chi connectivity index (χ1n) is 16.5. The van der Waals surface area contributed by atoms with Crippen LogP contribution in [0.5, 0.6) is 28.7 Å². The van der Waals surface area contributed by atoms with Gasteiger partial charge in [-0.05, 0) is 25.1 Å². The number of benzene rings is 2. The molecule has 2 aromatic carbocycles. The van der Waals surface area contributed by atoms with E-state index in [1.165, 1.54) is 13.0 Å². The molecular weight excluding hydrogens is 732 g/mol. The fraction of sp³-hybridized carbons (Fsp3) is 0.545. The molecule has 0 bridgehead atoms. The molecule has 21 nitrogen and oxygen atoms in total. The maximum atomic E-state index is 14.1. The fourth-order valence-electron chi connectivity index (χ4n) is 6.30. The van der Waals surface area contributed by atoms with E-state index in [4.69, 9.17) is 32.8 Å². The highest BCUT2D eigenvalue weighted by Crippen LogP contribution is 2.40. The summed E-state index contributed by atoms with van der Waals surface area (Å²) in [7, 11) is 0. The minimum absolute atomic E-state index is 0.122. The van der Waals surface area contributed by atoms with Crippen LogP contribution in [0.2, 0.25) is 0 Å². The molecule has 4 heterocycles. The minimum atomic E-state index is -2.10. The van der Waals surface area contributed by atoms with E-state index >= 15 is 0 Å². The second kappa shape index (κ2) is 15.7. The SMILES string of the molecule is C[C@@H]1O[C@@H](OC[C@@H]2O[C@H](Oc3c(-c4ccc(O)c(O)c4)oc4cc(O)cc(O)c4c3=O)[C@@H](O[C@@H]3O[C@@H](CO)[C@H](O)[C@H](O)[C@@H]3O)[C@@H](O)[C@H]2O)[C@H](O)[C@@H](O)[C@H]1O. The highest BCUT2D eigenvalue weighted by Gasteiger charge is 2.52. The molecular formula is C33H40O21. The highest BCUT2D eigenvalue weighted by atomic mass is 16.8. The normalized spacial score (nSPS) is 37.3. The second-order valence-electron chi connectivity index (χ2n) is 13.1. The Morgan fingerprint density at radius 3 is 2.00 bits per heavy atom. The largest absolute Gasteiger partial charge is 0.508 e. The average molecular weight is 773 g/mol. The van der Waals surface area contributed by atoms with Crippen molar-refractivity contribution >= 4 is 11.0 Å². The Labute approximate surface area is 303 Å². The van der Waals surface area contributed by atoms with Crippen molar-refractivity contribution in [2.75, 3.05) is 13.2 Å². The van der Waals surface area contributed by atoms with Crippen LogP contribution in [0.3, 0.4) is 0 Å². The number of hydrogen-bond acceptors (Lipinski definition) is 21. The van der Waals surface area contributed by atoms with E-state index in [-0.39, 0.29) is 11.1 Å². The van der Waals surface area contributed by atoms with Crippen LogP contribution in [0, 0.1) is 0 Å². The number of aliphatic hydroxyl groups excluding tert-OH is 9. The van der Waals surface area contributed by atoms with Gasteiger partial charge in [0.05, 0.1) is 19.3 Å². The number of aliphatic hydroxyl groups is 9. The third-order valence-corrected chi connectivity index (χ3v) is 9.41. The van der Waals surface area contributed by atoms with Gasteiger partial charge >= 0.3 is 0 Å². The summed E-state index contributed by atoms with van der Waals surface area (Å²) in [5.41, 5.74) is -1.62. The number of phenolic OH excluding ortho intramolecular Hbond substituents is 4. The predicted molar refractivity (Wildman–Crippen MR) is 173 cm³/mol. The smallest absolute Gasteiger partial charge is 0.239 e. The van der Waals surface area contributed by atoms with Gasteiger partial charge in [0.2, 0.25) is 17.5 Å². The summed E-state index contributed by atoms with van der Waals surface area (Å²) in [6.07, 6.45) is -26.6. The van der Waals surface area contributed by atoms with Gasteiger partial charge < -0.3 is 99.2 Å². The van der Waals surface area contributed by atoms with Crippen LogP contribution >= 0.6 is 0 Å². The molecule has 3 saturated heterocycles. The third kappa shape index (κ3) is 7.39. The zero-order valence-electron chi connectivity index (χ0n) is 28.0. The van der Waals surface area contributed by atoms with E-state index in [1.54, 1.807) is 0 Å². The number of fused-ring (bicyclic) bond motifs is 1. The van der Waals surface area contributed by atoms with Gasteiger partial charge in [0.15, 0.2) is 35.9 Å². The number of ether oxygens (including phenoxy) is 6. The summed E-state index contributed by atoms with van der Waals surface area (Å²) in [6, 6.07) is 5.00. The lowest BCUT2D eigenvalue weighted by Crippen LogP contribution is -2.65. The van der Waals surface area contributed by atoms with Crippen molar-refractivity contribution in [1.29, 1.82) is 0 Å². The summed E-state index contributed by atoms with van der Waals surface area (Å²) < 4.78 is 39.8. The van der Waals surface area contributed by atoms with E-state index in [0.717, 1.165) is 24.3 Å².